The van der Waals surface area contributed by atoms with Crippen molar-refractivity contribution in [2.75, 3.05) is 14.2 Å². The number of hydrogen-bond acceptors (Lipinski definition) is 4. The summed E-state index contributed by atoms with van der Waals surface area (Å²) in [5.41, 5.74) is 2.97. The SMILES string of the molecule is COc1ccc(S(=O)(=O)NCc2ccc3[nH]c(C)cc3c2)c(OC)c1. The van der Waals surface area contributed by atoms with Crippen LogP contribution in [0.4, 0.5) is 0 Å². The van der Waals surface area contributed by atoms with E-state index < -0.39 is 10.0 Å². The first kappa shape index (κ1) is 17.3. The standard InChI is InChI=1S/C18H20N2O4S/c1-12-8-14-9-13(4-6-16(14)20-12)11-19-25(21,22)18-7-5-15(23-2)10-17(18)24-3/h4-10,19-20H,11H2,1-3H3. The van der Waals surface area contributed by atoms with E-state index >= 15 is 0 Å². The molecule has 6 nitrogen and oxygen atoms in total. The number of benzene rings is 2. The Balaban J connectivity index is 1.83. The van der Waals surface area contributed by atoms with Gasteiger partial charge in [0.15, 0.2) is 0 Å². The van der Waals surface area contributed by atoms with Gasteiger partial charge in [0.1, 0.15) is 16.4 Å². The molecule has 0 spiro atoms. The molecular formula is C18H20N2O4S. The van der Waals surface area contributed by atoms with Crippen molar-refractivity contribution in [3.8, 4) is 11.5 Å². The van der Waals surface area contributed by atoms with Crippen molar-refractivity contribution in [2.45, 2.75) is 18.4 Å². The zero-order valence-corrected chi connectivity index (χ0v) is 15.1. The molecule has 3 aromatic rings. The third-order valence-corrected chi connectivity index (χ3v) is 5.39. The van der Waals surface area contributed by atoms with Gasteiger partial charge in [-0.3, -0.25) is 0 Å². The van der Waals surface area contributed by atoms with Crippen molar-refractivity contribution in [2.24, 2.45) is 0 Å². The first-order valence-electron chi connectivity index (χ1n) is 7.73. The fourth-order valence-corrected chi connectivity index (χ4v) is 3.86. The van der Waals surface area contributed by atoms with Crippen molar-refractivity contribution in [1.82, 2.24) is 9.71 Å². The minimum atomic E-state index is -3.71. The van der Waals surface area contributed by atoms with Crippen LogP contribution in [0.5, 0.6) is 11.5 Å². The largest absolute Gasteiger partial charge is 0.497 e. The van der Waals surface area contributed by atoms with Crippen LogP contribution in [0.2, 0.25) is 0 Å². The first-order chi connectivity index (χ1) is 11.9. The molecule has 1 heterocycles. The van der Waals surface area contributed by atoms with E-state index in [4.69, 9.17) is 9.47 Å². The number of sulfonamides is 1. The van der Waals surface area contributed by atoms with Crippen LogP contribution in [0, 0.1) is 6.92 Å². The zero-order valence-electron chi connectivity index (χ0n) is 14.3. The zero-order chi connectivity index (χ0) is 18.0. The van der Waals surface area contributed by atoms with E-state index in [0.717, 1.165) is 22.2 Å². The predicted octanol–water partition coefficient (Wildman–Crippen LogP) is 2.97. The highest BCUT2D eigenvalue weighted by atomic mass is 32.2. The second-order valence-corrected chi connectivity index (χ2v) is 7.45. The lowest BCUT2D eigenvalue weighted by molar-refractivity contribution is 0.386. The lowest BCUT2D eigenvalue weighted by Crippen LogP contribution is -2.23. The molecule has 0 aliphatic carbocycles. The number of H-pyrrole nitrogens is 1. The third kappa shape index (κ3) is 3.62. The number of aromatic amines is 1. The lowest BCUT2D eigenvalue weighted by atomic mass is 10.1. The maximum atomic E-state index is 12.6. The van der Waals surface area contributed by atoms with Crippen molar-refractivity contribution >= 4 is 20.9 Å². The molecule has 0 saturated heterocycles. The van der Waals surface area contributed by atoms with Crippen LogP contribution in [-0.4, -0.2) is 27.6 Å². The van der Waals surface area contributed by atoms with Crippen LogP contribution in [0.15, 0.2) is 47.4 Å². The fourth-order valence-electron chi connectivity index (χ4n) is 2.69. The van der Waals surface area contributed by atoms with Gasteiger partial charge in [0.05, 0.1) is 14.2 Å². The molecule has 0 saturated carbocycles. The Hall–Kier alpha value is -2.51. The molecule has 0 bridgehead atoms. The Kier molecular flexibility index (Phi) is 4.69. The molecule has 0 radical (unpaired) electrons. The first-order valence-corrected chi connectivity index (χ1v) is 9.21. The van der Waals surface area contributed by atoms with E-state index in [1.807, 2.05) is 31.2 Å². The summed E-state index contributed by atoms with van der Waals surface area (Å²) in [6.07, 6.45) is 0. The predicted molar refractivity (Wildman–Crippen MR) is 96.6 cm³/mol. The van der Waals surface area contributed by atoms with Gasteiger partial charge in [-0.2, -0.15) is 0 Å². The number of nitrogens with one attached hydrogen (secondary N) is 2. The lowest BCUT2D eigenvalue weighted by Gasteiger charge is -2.12. The maximum Gasteiger partial charge on any atom is 0.244 e. The number of ether oxygens (including phenoxy) is 2. The summed E-state index contributed by atoms with van der Waals surface area (Å²) in [7, 11) is -0.772. The van der Waals surface area contributed by atoms with Gasteiger partial charge in [-0.25, -0.2) is 13.1 Å². The second-order valence-electron chi connectivity index (χ2n) is 5.72. The highest BCUT2D eigenvalue weighted by Crippen LogP contribution is 2.28. The molecular weight excluding hydrogens is 340 g/mol. The molecule has 3 rings (SSSR count). The maximum absolute atomic E-state index is 12.6. The Morgan fingerprint density at radius 2 is 1.84 bits per heavy atom. The molecule has 0 amide bonds. The number of rotatable bonds is 6. The summed E-state index contributed by atoms with van der Waals surface area (Å²) < 4.78 is 38.1. The van der Waals surface area contributed by atoms with Crippen molar-refractivity contribution in [3.05, 3.63) is 53.7 Å². The molecule has 25 heavy (non-hydrogen) atoms. The van der Waals surface area contributed by atoms with Crippen molar-refractivity contribution in [3.63, 3.8) is 0 Å². The molecule has 0 aliphatic heterocycles. The topological polar surface area (TPSA) is 80.4 Å². The van der Waals surface area contributed by atoms with Gasteiger partial charge < -0.3 is 14.5 Å². The molecule has 2 aromatic carbocycles. The average Bonchev–Trinajstić information content (AvgIpc) is 2.98. The minimum absolute atomic E-state index is 0.0781. The molecule has 1 aromatic heterocycles. The number of aromatic nitrogens is 1. The van der Waals surface area contributed by atoms with E-state index in [-0.39, 0.29) is 17.2 Å². The van der Waals surface area contributed by atoms with Crippen molar-refractivity contribution in [1.29, 1.82) is 0 Å². The summed E-state index contributed by atoms with van der Waals surface area (Å²) in [5, 5.41) is 1.05. The molecule has 2 N–H and O–H groups in total. The van der Waals surface area contributed by atoms with E-state index in [9.17, 15) is 8.42 Å². The van der Waals surface area contributed by atoms with Crippen LogP contribution in [0.1, 0.15) is 11.3 Å². The molecule has 0 aliphatic rings. The van der Waals surface area contributed by atoms with E-state index in [1.165, 1.54) is 20.3 Å². The van der Waals surface area contributed by atoms with Gasteiger partial charge in [-0.15, -0.1) is 0 Å². The molecule has 132 valence electrons. The molecule has 0 unspecified atom stereocenters. The van der Waals surface area contributed by atoms with Gasteiger partial charge in [-0.1, -0.05) is 6.07 Å². The Labute approximate surface area is 146 Å². The van der Waals surface area contributed by atoms with Crippen molar-refractivity contribution < 1.29 is 17.9 Å². The highest BCUT2D eigenvalue weighted by molar-refractivity contribution is 7.89. The summed E-state index contributed by atoms with van der Waals surface area (Å²) in [6.45, 7) is 2.18. The number of hydrogen-bond donors (Lipinski definition) is 2. The minimum Gasteiger partial charge on any atom is -0.497 e. The van der Waals surface area contributed by atoms with Gasteiger partial charge in [0, 0.05) is 23.8 Å². The second kappa shape index (κ2) is 6.78. The van der Waals surface area contributed by atoms with Crippen LogP contribution >= 0.6 is 0 Å². The van der Waals surface area contributed by atoms with Crippen LogP contribution in [-0.2, 0) is 16.6 Å². The summed E-state index contributed by atoms with van der Waals surface area (Å²) in [4.78, 5) is 3.32. The van der Waals surface area contributed by atoms with Gasteiger partial charge in [-0.05, 0) is 48.2 Å². The van der Waals surface area contributed by atoms with E-state index in [2.05, 4.69) is 9.71 Å². The van der Waals surface area contributed by atoms with Crippen LogP contribution in [0.25, 0.3) is 10.9 Å². The Bertz CT molecular complexity index is 1010. The molecule has 0 fully saturated rings. The Morgan fingerprint density at radius 1 is 1.04 bits per heavy atom. The number of aryl methyl sites for hydroxylation is 1. The van der Waals surface area contributed by atoms with Gasteiger partial charge in [0.25, 0.3) is 0 Å². The quantitative estimate of drug-likeness (QED) is 0.708. The number of methoxy groups -OCH3 is 2. The number of fused-ring (bicyclic) bond motifs is 1. The van der Waals surface area contributed by atoms with Crippen LogP contribution in [0.3, 0.4) is 0 Å². The summed E-state index contributed by atoms with van der Waals surface area (Å²) in [6, 6.07) is 12.4. The molecule has 7 heteroatoms. The summed E-state index contributed by atoms with van der Waals surface area (Å²) >= 11 is 0. The van der Waals surface area contributed by atoms with E-state index in [0.29, 0.717) is 5.75 Å². The molecule has 0 atom stereocenters. The monoisotopic (exact) mass is 360 g/mol. The van der Waals surface area contributed by atoms with Crippen LogP contribution < -0.4 is 14.2 Å². The fraction of sp³-hybridized carbons (Fsp3) is 0.222. The average molecular weight is 360 g/mol. The van der Waals surface area contributed by atoms with Gasteiger partial charge >= 0.3 is 0 Å². The van der Waals surface area contributed by atoms with E-state index in [1.54, 1.807) is 12.1 Å². The summed E-state index contributed by atoms with van der Waals surface area (Å²) in [5.74, 6) is 0.771. The normalized spacial score (nSPS) is 11.6. The smallest absolute Gasteiger partial charge is 0.244 e. The third-order valence-electron chi connectivity index (χ3n) is 3.95. The highest BCUT2D eigenvalue weighted by Gasteiger charge is 2.20. The Morgan fingerprint density at radius 3 is 2.56 bits per heavy atom. The van der Waals surface area contributed by atoms with Gasteiger partial charge in [0.2, 0.25) is 10.0 Å².